The van der Waals surface area contributed by atoms with Gasteiger partial charge in [0, 0.05) is 0 Å². The summed E-state index contributed by atoms with van der Waals surface area (Å²) in [6.45, 7) is -0.131. The number of amides is 1. The van der Waals surface area contributed by atoms with E-state index in [1.165, 1.54) is 31.4 Å². The molecule has 10 heteroatoms. The lowest BCUT2D eigenvalue weighted by Gasteiger charge is -2.24. The fourth-order valence-corrected chi connectivity index (χ4v) is 4.82. The number of anilines is 1. The predicted octanol–water partition coefficient (Wildman–Crippen LogP) is 4.39. The van der Waals surface area contributed by atoms with Crippen molar-refractivity contribution in [2.24, 2.45) is 0 Å². The van der Waals surface area contributed by atoms with Gasteiger partial charge in [-0.15, -0.1) is 0 Å². The molecule has 1 N–H and O–H groups in total. The topological polar surface area (TPSA) is 84.9 Å². The van der Waals surface area contributed by atoms with Gasteiger partial charge in [-0.1, -0.05) is 53.5 Å². The molecule has 0 saturated heterocycles. The van der Waals surface area contributed by atoms with Crippen molar-refractivity contribution in [3.8, 4) is 11.5 Å². The van der Waals surface area contributed by atoms with E-state index < -0.39 is 22.5 Å². The van der Waals surface area contributed by atoms with Gasteiger partial charge in [-0.25, -0.2) is 8.42 Å². The molecule has 0 aliphatic heterocycles. The molecule has 0 saturated carbocycles. The zero-order valence-electron chi connectivity index (χ0n) is 17.7. The van der Waals surface area contributed by atoms with E-state index in [2.05, 4.69) is 5.32 Å². The molecular weight excluding hydrogens is 487 g/mol. The maximum Gasteiger partial charge on any atom is 0.264 e. The van der Waals surface area contributed by atoms with Crippen LogP contribution in [-0.4, -0.2) is 41.1 Å². The third-order valence-corrected chi connectivity index (χ3v) is 6.96. The van der Waals surface area contributed by atoms with Gasteiger partial charge in [-0.2, -0.15) is 0 Å². The monoisotopic (exact) mass is 508 g/mol. The zero-order chi connectivity index (χ0) is 23.8. The van der Waals surface area contributed by atoms with Crippen molar-refractivity contribution in [2.45, 2.75) is 4.90 Å². The second kappa shape index (κ2) is 11.3. The third-order valence-electron chi connectivity index (χ3n) is 4.56. The molecule has 3 aromatic carbocycles. The summed E-state index contributed by atoms with van der Waals surface area (Å²) >= 11 is 12.2. The van der Waals surface area contributed by atoms with Crippen molar-refractivity contribution in [2.75, 3.05) is 31.1 Å². The number of para-hydroxylation sites is 1. The van der Waals surface area contributed by atoms with Gasteiger partial charge >= 0.3 is 0 Å². The van der Waals surface area contributed by atoms with Crippen molar-refractivity contribution >= 4 is 44.8 Å². The fourth-order valence-electron chi connectivity index (χ4n) is 2.94. The quantitative estimate of drug-likeness (QED) is 0.410. The van der Waals surface area contributed by atoms with Crippen LogP contribution in [0.5, 0.6) is 11.5 Å². The molecule has 0 unspecified atom stereocenters. The molecule has 33 heavy (non-hydrogen) atoms. The number of ether oxygens (including phenoxy) is 2. The van der Waals surface area contributed by atoms with Gasteiger partial charge in [0.1, 0.15) is 24.7 Å². The molecule has 0 bridgehead atoms. The number of benzene rings is 3. The number of sulfonamides is 1. The highest BCUT2D eigenvalue weighted by molar-refractivity contribution is 7.92. The summed E-state index contributed by atoms with van der Waals surface area (Å²) < 4.78 is 38.3. The van der Waals surface area contributed by atoms with E-state index >= 15 is 0 Å². The second-order valence-electron chi connectivity index (χ2n) is 6.77. The van der Waals surface area contributed by atoms with Crippen LogP contribution in [0.2, 0.25) is 10.0 Å². The molecule has 3 rings (SSSR count). The lowest BCUT2D eigenvalue weighted by atomic mass is 10.3. The van der Waals surface area contributed by atoms with Gasteiger partial charge < -0.3 is 14.8 Å². The average Bonchev–Trinajstić information content (AvgIpc) is 2.81. The van der Waals surface area contributed by atoms with Gasteiger partial charge in [0.05, 0.1) is 34.3 Å². The Bertz CT molecular complexity index is 1210. The number of rotatable bonds is 10. The molecule has 0 spiro atoms. The summed E-state index contributed by atoms with van der Waals surface area (Å²) in [6, 6.07) is 19.3. The number of hydrogen-bond acceptors (Lipinski definition) is 5. The van der Waals surface area contributed by atoms with Gasteiger partial charge in [0.25, 0.3) is 10.0 Å². The van der Waals surface area contributed by atoms with Crippen LogP contribution in [0.1, 0.15) is 0 Å². The summed E-state index contributed by atoms with van der Waals surface area (Å²) in [6.07, 6.45) is 0. The van der Waals surface area contributed by atoms with Gasteiger partial charge in [-0.05, 0) is 42.5 Å². The first-order chi connectivity index (χ1) is 15.8. The summed E-state index contributed by atoms with van der Waals surface area (Å²) in [5.41, 5.74) is 0.229. The van der Waals surface area contributed by atoms with Gasteiger partial charge in [0.2, 0.25) is 5.91 Å². The first-order valence-electron chi connectivity index (χ1n) is 9.88. The second-order valence-corrected chi connectivity index (χ2v) is 9.45. The lowest BCUT2D eigenvalue weighted by molar-refractivity contribution is -0.119. The van der Waals surface area contributed by atoms with Crippen molar-refractivity contribution < 1.29 is 22.7 Å². The molecule has 7 nitrogen and oxygen atoms in total. The van der Waals surface area contributed by atoms with E-state index in [9.17, 15) is 13.2 Å². The Morgan fingerprint density at radius 2 is 1.64 bits per heavy atom. The lowest BCUT2D eigenvalue weighted by Crippen LogP contribution is -2.41. The minimum absolute atomic E-state index is 0.0480. The maximum absolute atomic E-state index is 13.3. The van der Waals surface area contributed by atoms with Crippen LogP contribution >= 0.6 is 23.2 Å². The van der Waals surface area contributed by atoms with E-state index in [0.717, 1.165) is 4.31 Å². The standard InChI is InChI=1S/C23H22Cl2N2O5S/c1-31-21-12-11-17(15-20(21)25)27(33(29,30)18-7-3-2-4-8-18)16-23(28)26-13-14-32-22-10-6-5-9-19(22)24/h2-12,15H,13-14,16H2,1H3,(H,26,28). The molecule has 0 aliphatic carbocycles. The molecule has 174 valence electrons. The van der Waals surface area contributed by atoms with Crippen molar-refractivity contribution in [3.63, 3.8) is 0 Å². The van der Waals surface area contributed by atoms with Crippen LogP contribution in [0.3, 0.4) is 0 Å². The number of nitrogens with zero attached hydrogens (tertiary/aromatic N) is 1. The number of carbonyl (C=O) groups excluding carboxylic acids is 1. The Labute approximate surface area is 202 Å². The Hall–Kier alpha value is -2.94. The Morgan fingerprint density at radius 3 is 2.30 bits per heavy atom. The predicted molar refractivity (Wildman–Crippen MR) is 129 cm³/mol. The van der Waals surface area contributed by atoms with E-state index in [1.807, 2.05) is 0 Å². The van der Waals surface area contributed by atoms with Crippen LogP contribution in [0, 0.1) is 0 Å². The van der Waals surface area contributed by atoms with E-state index in [-0.39, 0.29) is 28.8 Å². The van der Waals surface area contributed by atoms with Gasteiger partial charge in [-0.3, -0.25) is 9.10 Å². The largest absolute Gasteiger partial charge is 0.495 e. The highest BCUT2D eigenvalue weighted by Crippen LogP contribution is 2.31. The Balaban J connectivity index is 1.75. The van der Waals surface area contributed by atoms with Crippen LogP contribution in [-0.2, 0) is 14.8 Å². The van der Waals surface area contributed by atoms with Crippen molar-refractivity contribution in [1.82, 2.24) is 5.32 Å². The summed E-state index contributed by atoms with van der Waals surface area (Å²) in [7, 11) is -2.58. The molecule has 0 heterocycles. The van der Waals surface area contributed by atoms with Crippen LogP contribution in [0.4, 0.5) is 5.69 Å². The Kier molecular flexibility index (Phi) is 8.43. The molecule has 0 fully saturated rings. The highest BCUT2D eigenvalue weighted by atomic mass is 35.5. The fraction of sp³-hybridized carbons (Fsp3) is 0.174. The minimum Gasteiger partial charge on any atom is -0.495 e. The molecule has 0 radical (unpaired) electrons. The van der Waals surface area contributed by atoms with Gasteiger partial charge in [0.15, 0.2) is 0 Å². The number of methoxy groups -OCH3 is 1. The smallest absolute Gasteiger partial charge is 0.264 e. The molecule has 1 amide bonds. The molecule has 0 atom stereocenters. The molecular formula is C23H22Cl2N2O5S. The van der Waals surface area contributed by atoms with E-state index in [4.69, 9.17) is 32.7 Å². The molecule has 0 aromatic heterocycles. The van der Waals surface area contributed by atoms with Crippen LogP contribution in [0.15, 0.2) is 77.7 Å². The van der Waals surface area contributed by atoms with Crippen LogP contribution in [0.25, 0.3) is 0 Å². The summed E-state index contributed by atoms with van der Waals surface area (Å²) in [4.78, 5) is 12.7. The number of nitrogens with one attached hydrogen (secondary N) is 1. The first-order valence-corrected chi connectivity index (χ1v) is 12.1. The number of carbonyl (C=O) groups is 1. The molecule has 3 aromatic rings. The van der Waals surface area contributed by atoms with Crippen LogP contribution < -0.4 is 19.1 Å². The average molecular weight is 509 g/mol. The van der Waals surface area contributed by atoms with Crippen molar-refractivity contribution in [1.29, 1.82) is 0 Å². The van der Waals surface area contributed by atoms with E-state index in [1.54, 1.807) is 48.5 Å². The normalized spacial score (nSPS) is 11.0. The minimum atomic E-state index is -4.04. The third kappa shape index (κ3) is 6.31. The summed E-state index contributed by atoms with van der Waals surface area (Å²) in [5, 5.41) is 3.34. The maximum atomic E-state index is 13.3. The summed E-state index contributed by atoms with van der Waals surface area (Å²) in [5.74, 6) is 0.373. The molecule has 0 aliphatic rings. The van der Waals surface area contributed by atoms with Crippen molar-refractivity contribution in [3.05, 3.63) is 82.8 Å². The first kappa shape index (κ1) is 24.7. The SMILES string of the molecule is COc1ccc(N(CC(=O)NCCOc2ccccc2Cl)S(=O)(=O)c2ccccc2)cc1Cl. The Morgan fingerprint density at radius 1 is 0.939 bits per heavy atom. The highest BCUT2D eigenvalue weighted by Gasteiger charge is 2.27. The zero-order valence-corrected chi connectivity index (χ0v) is 20.0. The van der Waals surface area contributed by atoms with E-state index in [0.29, 0.717) is 16.5 Å². The number of hydrogen-bond donors (Lipinski definition) is 1. The number of halogens is 2.